The van der Waals surface area contributed by atoms with Crippen LogP contribution in [0.5, 0.6) is 0 Å². The average molecular weight is 301 g/mol. The lowest BCUT2D eigenvalue weighted by molar-refractivity contribution is 0.0934. The van der Waals surface area contributed by atoms with Gasteiger partial charge in [0.15, 0.2) is 0 Å². The maximum atomic E-state index is 13.6. The van der Waals surface area contributed by atoms with Gasteiger partial charge < -0.3 is 10.3 Å². The second-order valence-corrected chi connectivity index (χ2v) is 4.96. The Kier molecular flexibility index (Phi) is 3.58. The summed E-state index contributed by atoms with van der Waals surface area (Å²) >= 11 is 0. The Morgan fingerprint density at radius 2 is 2.00 bits per heavy atom. The van der Waals surface area contributed by atoms with E-state index < -0.39 is 23.6 Å². The van der Waals surface area contributed by atoms with Gasteiger partial charge in [-0.1, -0.05) is 12.1 Å². The van der Waals surface area contributed by atoms with Gasteiger partial charge in [-0.25, -0.2) is 13.8 Å². The molecule has 0 unspecified atom stereocenters. The highest BCUT2D eigenvalue weighted by molar-refractivity contribution is 5.94. The molecular formula is C16H13F2N3O. The second kappa shape index (κ2) is 5.55. The summed E-state index contributed by atoms with van der Waals surface area (Å²) in [6.45, 7) is 1.72. The molecule has 6 heteroatoms. The molecule has 2 N–H and O–H groups in total. The van der Waals surface area contributed by atoms with Crippen LogP contribution in [-0.2, 0) is 0 Å². The number of aromatic amines is 1. The SMILES string of the molecule is C[C@@H](NC(=O)c1cc(F)ccc1F)c1nc2ccccc2[nH]1. The molecule has 0 saturated carbocycles. The van der Waals surface area contributed by atoms with Crippen LogP contribution in [0, 0.1) is 11.6 Å². The van der Waals surface area contributed by atoms with Gasteiger partial charge in [-0.2, -0.15) is 0 Å². The van der Waals surface area contributed by atoms with Crippen LogP contribution in [0.2, 0.25) is 0 Å². The van der Waals surface area contributed by atoms with Crippen LogP contribution in [0.25, 0.3) is 11.0 Å². The highest BCUT2D eigenvalue weighted by atomic mass is 19.1. The summed E-state index contributed by atoms with van der Waals surface area (Å²) in [7, 11) is 0. The van der Waals surface area contributed by atoms with E-state index in [4.69, 9.17) is 0 Å². The Hall–Kier alpha value is -2.76. The number of hydrogen-bond acceptors (Lipinski definition) is 2. The Bertz CT molecular complexity index is 811. The molecule has 0 bridgehead atoms. The van der Waals surface area contributed by atoms with E-state index >= 15 is 0 Å². The number of H-pyrrole nitrogens is 1. The number of nitrogens with one attached hydrogen (secondary N) is 2. The normalized spacial score (nSPS) is 12.3. The molecule has 1 atom stereocenters. The third-order valence-electron chi connectivity index (χ3n) is 3.34. The van der Waals surface area contributed by atoms with E-state index in [1.807, 2.05) is 24.3 Å². The molecule has 0 aliphatic carbocycles. The van der Waals surface area contributed by atoms with Gasteiger partial charge in [0.25, 0.3) is 5.91 Å². The quantitative estimate of drug-likeness (QED) is 0.779. The third kappa shape index (κ3) is 2.67. The van der Waals surface area contributed by atoms with E-state index in [1.165, 1.54) is 0 Å². The van der Waals surface area contributed by atoms with Crippen molar-refractivity contribution in [3.05, 3.63) is 65.5 Å². The molecule has 2 aromatic carbocycles. The number of imidazole rings is 1. The summed E-state index contributed by atoms with van der Waals surface area (Å²) in [6.07, 6.45) is 0. The number of carbonyl (C=O) groups excluding carboxylic acids is 1. The first-order valence-electron chi connectivity index (χ1n) is 6.75. The van der Waals surface area contributed by atoms with Gasteiger partial charge in [0.1, 0.15) is 17.5 Å². The fourth-order valence-corrected chi connectivity index (χ4v) is 2.19. The van der Waals surface area contributed by atoms with Crippen molar-refractivity contribution >= 4 is 16.9 Å². The Balaban J connectivity index is 1.82. The summed E-state index contributed by atoms with van der Waals surface area (Å²) in [5.74, 6) is -1.57. The van der Waals surface area contributed by atoms with Crippen molar-refractivity contribution in [1.29, 1.82) is 0 Å². The van der Waals surface area contributed by atoms with Crippen LogP contribution in [0.3, 0.4) is 0 Å². The number of halogens is 2. The molecule has 3 rings (SSSR count). The van der Waals surface area contributed by atoms with Crippen LogP contribution in [-0.4, -0.2) is 15.9 Å². The highest BCUT2D eigenvalue weighted by Crippen LogP contribution is 2.17. The van der Waals surface area contributed by atoms with Crippen LogP contribution in [0.4, 0.5) is 8.78 Å². The number of aromatic nitrogens is 2. The van der Waals surface area contributed by atoms with Gasteiger partial charge in [0, 0.05) is 0 Å². The first kappa shape index (κ1) is 14.2. The number of benzene rings is 2. The minimum absolute atomic E-state index is 0.331. The molecule has 0 saturated heterocycles. The van der Waals surface area contributed by atoms with Gasteiger partial charge >= 0.3 is 0 Å². The molecule has 4 nitrogen and oxygen atoms in total. The second-order valence-electron chi connectivity index (χ2n) is 4.96. The molecule has 0 fully saturated rings. The topological polar surface area (TPSA) is 57.8 Å². The van der Waals surface area contributed by atoms with Gasteiger partial charge in [-0.3, -0.25) is 4.79 Å². The number of nitrogens with zero attached hydrogens (tertiary/aromatic N) is 1. The maximum Gasteiger partial charge on any atom is 0.254 e. The first-order valence-corrected chi connectivity index (χ1v) is 6.75. The zero-order valence-corrected chi connectivity index (χ0v) is 11.7. The number of para-hydroxylation sites is 2. The molecule has 1 amide bonds. The minimum Gasteiger partial charge on any atom is -0.342 e. The van der Waals surface area contributed by atoms with E-state index in [1.54, 1.807) is 6.92 Å². The van der Waals surface area contributed by atoms with Crippen molar-refractivity contribution in [2.45, 2.75) is 13.0 Å². The van der Waals surface area contributed by atoms with Crippen LogP contribution in [0.15, 0.2) is 42.5 Å². The van der Waals surface area contributed by atoms with Crippen molar-refractivity contribution in [2.75, 3.05) is 0 Å². The lowest BCUT2D eigenvalue weighted by Crippen LogP contribution is -2.28. The summed E-state index contributed by atoms with van der Waals surface area (Å²) in [5.41, 5.74) is 1.29. The van der Waals surface area contributed by atoms with Crippen LogP contribution < -0.4 is 5.32 Å². The number of fused-ring (bicyclic) bond motifs is 1. The standard InChI is InChI=1S/C16H13F2N3O/c1-9(15-20-13-4-2-3-5-14(13)21-15)19-16(22)11-8-10(17)6-7-12(11)18/h2-9H,1H3,(H,19,22)(H,20,21)/t9-/m1/s1. The maximum absolute atomic E-state index is 13.6. The number of rotatable bonds is 3. The number of hydrogen-bond donors (Lipinski definition) is 2. The summed E-state index contributed by atoms with van der Waals surface area (Å²) in [5, 5.41) is 2.60. The van der Waals surface area contributed by atoms with E-state index in [0.717, 1.165) is 29.2 Å². The zero-order chi connectivity index (χ0) is 15.7. The summed E-state index contributed by atoms with van der Waals surface area (Å²) in [4.78, 5) is 19.5. The lowest BCUT2D eigenvalue weighted by Gasteiger charge is -2.12. The zero-order valence-electron chi connectivity index (χ0n) is 11.7. The summed E-state index contributed by atoms with van der Waals surface area (Å²) < 4.78 is 26.7. The first-order chi connectivity index (χ1) is 10.5. The van der Waals surface area contributed by atoms with E-state index in [2.05, 4.69) is 15.3 Å². The number of amides is 1. The predicted octanol–water partition coefficient (Wildman–Crippen LogP) is 3.33. The largest absolute Gasteiger partial charge is 0.342 e. The molecule has 0 aliphatic rings. The third-order valence-corrected chi connectivity index (χ3v) is 3.34. The fraction of sp³-hybridized carbons (Fsp3) is 0.125. The Labute approximate surface area is 125 Å². The van der Waals surface area contributed by atoms with Crippen molar-refractivity contribution < 1.29 is 13.6 Å². The lowest BCUT2D eigenvalue weighted by atomic mass is 10.2. The summed E-state index contributed by atoms with van der Waals surface area (Å²) in [6, 6.07) is 9.74. The monoisotopic (exact) mass is 301 g/mol. The molecule has 3 aromatic rings. The predicted molar refractivity (Wildman–Crippen MR) is 78.3 cm³/mol. The van der Waals surface area contributed by atoms with Gasteiger partial charge in [0.05, 0.1) is 22.6 Å². The molecule has 0 aliphatic heterocycles. The molecule has 1 heterocycles. The molecule has 112 valence electrons. The van der Waals surface area contributed by atoms with Crippen molar-refractivity contribution in [3.63, 3.8) is 0 Å². The molecule has 1 aromatic heterocycles. The van der Waals surface area contributed by atoms with Crippen LogP contribution in [0.1, 0.15) is 29.1 Å². The van der Waals surface area contributed by atoms with Crippen molar-refractivity contribution in [2.24, 2.45) is 0 Å². The smallest absolute Gasteiger partial charge is 0.254 e. The average Bonchev–Trinajstić information content (AvgIpc) is 2.93. The van der Waals surface area contributed by atoms with Gasteiger partial charge in [-0.05, 0) is 37.3 Å². The van der Waals surface area contributed by atoms with Gasteiger partial charge in [0.2, 0.25) is 0 Å². The van der Waals surface area contributed by atoms with Crippen molar-refractivity contribution in [1.82, 2.24) is 15.3 Å². The molecule has 22 heavy (non-hydrogen) atoms. The van der Waals surface area contributed by atoms with Crippen molar-refractivity contribution in [3.8, 4) is 0 Å². The van der Waals surface area contributed by atoms with E-state index in [-0.39, 0.29) is 5.56 Å². The highest BCUT2D eigenvalue weighted by Gasteiger charge is 2.18. The molecule has 0 radical (unpaired) electrons. The molecular weight excluding hydrogens is 288 g/mol. The molecule has 0 spiro atoms. The van der Waals surface area contributed by atoms with E-state index in [0.29, 0.717) is 5.82 Å². The Morgan fingerprint density at radius 3 is 2.77 bits per heavy atom. The Morgan fingerprint density at radius 1 is 1.23 bits per heavy atom. The minimum atomic E-state index is -0.768. The number of carbonyl (C=O) groups is 1. The van der Waals surface area contributed by atoms with Crippen LogP contribution >= 0.6 is 0 Å². The fourth-order valence-electron chi connectivity index (χ4n) is 2.19. The van der Waals surface area contributed by atoms with Gasteiger partial charge in [-0.15, -0.1) is 0 Å². The van der Waals surface area contributed by atoms with E-state index in [9.17, 15) is 13.6 Å².